The Balaban J connectivity index is 2.18. The lowest BCUT2D eigenvalue weighted by atomic mass is 9.81. The summed E-state index contributed by atoms with van der Waals surface area (Å²) in [5, 5.41) is 11.3. The molecule has 3 rings (SSSR count). The molecule has 0 unspecified atom stereocenters. The largest absolute Gasteiger partial charge is 0.507 e. The Hall–Kier alpha value is -3.60. The van der Waals surface area contributed by atoms with Crippen molar-refractivity contribution in [2.24, 2.45) is 0 Å². The zero-order valence-electron chi connectivity index (χ0n) is 21.7. The maximum Gasteiger partial charge on any atom is 0.201 e. The van der Waals surface area contributed by atoms with Crippen molar-refractivity contribution in [2.45, 2.75) is 54.9 Å². The first kappa shape index (κ1) is 26.0. The van der Waals surface area contributed by atoms with Gasteiger partial charge in [-0.1, -0.05) is 22.8 Å². The molecule has 0 bridgehead atoms. The molecule has 1 aliphatic rings. The molecule has 0 heterocycles. The van der Waals surface area contributed by atoms with E-state index >= 15 is 0 Å². The number of ether oxygens (including phenoxy) is 2. The SMILES string of the molecule is CC(C)=CCOc1cc2c(c(O)c1CC=C(C)C)C(=O)c1c(OCC=C(C)C)cc(C)cc1C2=O. The van der Waals surface area contributed by atoms with E-state index in [1.807, 2.05) is 66.7 Å². The Morgan fingerprint density at radius 1 is 0.743 bits per heavy atom. The van der Waals surface area contributed by atoms with Crippen molar-refractivity contribution >= 4 is 11.6 Å². The van der Waals surface area contributed by atoms with Gasteiger partial charge in [0.1, 0.15) is 30.5 Å². The molecule has 0 aromatic heterocycles. The highest BCUT2D eigenvalue weighted by molar-refractivity contribution is 6.30. The quantitative estimate of drug-likeness (QED) is 0.369. The molecule has 0 saturated carbocycles. The van der Waals surface area contributed by atoms with Crippen LogP contribution in [-0.4, -0.2) is 29.9 Å². The number of rotatable bonds is 8. The van der Waals surface area contributed by atoms with Crippen LogP contribution in [0.2, 0.25) is 0 Å². The summed E-state index contributed by atoms with van der Waals surface area (Å²) >= 11 is 0. The van der Waals surface area contributed by atoms with E-state index in [9.17, 15) is 14.7 Å². The third kappa shape index (κ3) is 5.73. The highest BCUT2D eigenvalue weighted by Crippen LogP contribution is 2.43. The predicted molar refractivity (Wildman–Crippen MR) is 139 cm³/mol. The van der Waals surface area contributed by atoms with Crippen LogP contribution in [0.3, 0.4) is 0 Å². The lowest BCUT2D eigenvalue weighted by molar-refractivity contribution is 0.0973. The summed E-state index contributed by atoms with van der Waals surface area (Å²) < 4.78 is 11.9. The third-order valence-electron chi connectivity index (χ3n) is 5.73. The van der Waals surface area contributed by atoms with Crippen molar-refractivity contribution in [3.63, 3.8) is 0 Å². The lowest BCUT2D eigenvalue weighted by Crippen LogP contribution is -2.23. The smallest absolute Gasteiger partial charge is 0.201 e. The van der Waals surface area contributed by atoms with E-state index in [4.69, 9.17) is 9.47 Å². The highest BCUT2D eigenvalue weighted by Gasteiger charge is 2.37. The van der Waals surface area contributed by atoms with Crippen LogP contribution in [0.25, 0.3) is 0 Å². The Labute approximate surface area is 207 Å². The topological polar surface area (TPSA) is 72.8 Å². The molecule has 2 aromatic carbocycles. The minimum absolute atomic E-state index is 0.00476. The second kappa shape index (κ2) is 10.8. The minimum Gasteiger partial charge on any atom is -0.507 e. The number of aryl methyl sites for hydroxylation is 1. The van der Waals surface area contributed by atoms with Gasteiger partial charge in [-0.25, -0.2) is 0 Å². The van der Waals surface area contributed by atoms with Gasteiger partial charge >= 0.3 is 0 Å². The fourth-order valence-corrected chi connectivity index (χ4v) is 3.87. The predicted octanol–water partition coefficient (Wildman–Crippen LogP) is 6.67. The Morgan fingerprint density at radius 3 is 1.86 bits per heavy atom. The summed E-state index contributed by atoms with van der Waals surface area (Å²) in [6, 6.07) is 5.05. The van der Waals surface area contributed by atoms with E-state index in [0.29, 0.717) is 30.1 Å². The normalized spacial score (nSPS) is 11.9. The van der Waals surface area contributed by atoms with Crippen LogP contribution in [0.1, 0.15) is 84.5 Å². The van der Waals surface area contributed by atoms with Crippen LogP contribution >= 0.6 is 0 Å². The zero-order chi connectivity index (χ0) is 25.9. The van der Waals surface area contributed by atoms with Gasteiger partial charge in [0.05, 0.1) is 11.1 Å². The number of hydrogen-bond donors (Lipinski definition) is 1. The number of phenols is 1. The number of benzene rings is 2. The molecule has 5 heteroatoms. The maximum absolute atomic E-state index is 13.7. The average molecular weight is 475 g/mol. The Morgan fingerprint density at radius 2 is 1.29 bits per heavy atom. The molecule has 0 radical (unpaired) electrons. The highest BCUT2D eigenvalue weighted by atomic mass is 16.5. The van der Waals surface area contributed by atoms with Crippen molar-refractivity contribution in [3.05, 3.63) is 86.5 Å². The van der Waals surface area contributed by atoms with Gasteiger partial charge in [-0.15, -0.1) is 0 Å². The molecule has 1 N–H and O–H groups in total. The van der Waals surface area contributed by atoms with Gasteiger partial charge in [0, 0.05) is 16.7 Å². The first-order chi connectivity index (χ1) is 16.5. The molecule has 0 fully saturated rings. The van der Waals surface area contributed by atoms with Crippen LogP contribution in [0.4, 0.5) is 0 Å². The minimum atomic E-state index is -0.423. The van der Waals surface area contributed by atoms with Crippen LogP contribution in [0.5, 0.6) is 17.2 Å². The van der Waals surface area contributed by atoms with E-state index in [0.717, 1.165) is 22.3 Å². The number of hydrogen-bond acceptors (Lipinski definition) is 5. The van der Waals surface area contributed by atoms with Crippen LogP contribution in [0.15, 0.2) is 53.1 Å². The van der Waals surface area contributed by atoms with E-state index < -0.39 is 5.78 Å². The number of carbonyl (C=O) groups excluding carboxylic acids is 2. The summed E-state index contributed by atoms with van der Waals surface area (Å²) in [6.07, 6.45) is 6.15. The summed E-state index contributed by atoms with van der Waals surface area (Å²) in [5.41, 5.74) is 5.16. The fourth-order valence-electron chi connectivity index (χ4n) is 3.87. The number of phenolic OH excluding ortho intramolecular Hbond substituents is 1. The molecular weight excluding hydrogens is 440 g/mol. The maximum atomic E-state index is 13.7. The van der Waals surface area contributed by atoms with Gasteiger partial charge in [0.2, 0.25) is 5.78 Å². The third-order valence-corrected chi connectivity index (χ3v) is 5.73. The van der Waals surface area contributed by atoms with Gasteiger partial charge in [0.25, 0.3) is 0 Å². The number of aromatic hydroxyl groups is 1. The summed E-state index contributed by atoms with van der Waals surface area (Å²) in [7, 11) is 0. The molecule has 0 atom stereocenters. The van der Waals surface area contributed by atoms with E-state index in [2.05, 4.69) is 0 Å². The van der Waals surface area contributed by atoms with Crippen LogP contribution in [-0.2, 0) is 6.42 Å². The molecule has 0 saturated heterocycles. The number of ketones is 2. The molecular formula is C30H34O5. The molecule has 35 heavy (non-hydrogen) atoms. The molecule has 0 spiro atoms. The van der Waals surface area contributed by atoms with Gasteiger partial charge in [-0.3, -0.25) is 9.59 Å². The van der Waals surface area contributed by atoms with Gasteiger partial charge in [0.15, 0.2) is 5.78 Å². The first-order valence-corrected chi connectivity index (χ1v) is 11.8. The standard InChI is InChI=1S/C30H34O5/c1-17(2)8-9-21-24(34-12-10-18(3)4)16-23-27(29(21)32)30(33)26-22(28(23)31)14-20(7)15-25(26)35-13-11-19(5)6/h8,10-11,14-16,32H,9,12-13H2,1-7H3. The molecule has 2 aromatic rings. The molecule has 1 aliphatic carbocycles. The van der Waals surface area contributed by atoms with E-state index in [1.165, 1.54) is 0 Å². The van der Waals surface area contributed by atoms with Crippen molar-refractivity contribution in [2.75, 3.05) is 13.2 Å². The number of carbonyl (C=O) groups is 2. The summed E-state index contributed by atoms with van der Waals surface area (Å²) in [6.45, 7) is 14.2. The van der Waals surface area contributed by atoms with E-state index in [1.54, 1.807) is 18.2 Å². The summed E-state index contributed by atoms with van der Waals surface area (Å²) in [5.74, 6) is -0.230. The molecule has 5 nitrogen and oxygen atoms in total. The van der Waals surface area contributed by atoms with Crippen LogP contribution < -0.4 is 9.47 Å². The first-order valence-electron chi connectivity index (χ1n) is 11.8. The number of allylic oxidation sites excluding steroid dienone is 4. The van der Waals surface area contributed by atoms with Gasteiger partial charge in [-0.05, 0) is 90.8 Å². The molecule has 184 valence electrons. The monoisotopic (exact) mass is 474 g/mol. The fraction of sp³-hybridized carbons (Fsp3) is 0.333. The van der Waals surface area contributed by atoms with E-state index in [-0.39, 0.29) is 40.4 Å². The Kier molecular flexibility index (Phi) is 8.00. The lowest BCUT2D eigenvalue weighted by Gasteiger charge is -2.24. The van der Waals surface area contributed by atoms with Crippen molar-refractivity contribution in [1.29, 1.82) is 0 Å². The van der Waals surface area contributed by atoms with Gasteiger partial charge < -0.3 is 14.6 Å². The second-order valence-corrected chi connectivity index (χ2v) is 9.64. The van der Waals surface area contributed by atoms with Crippen molar-refractivity contribution in [1.82, 2.24) is 0 Å². The Bertz CT molecular complexity index is 1260. The zero-order valence-corrected chi connectivity index (χ0v) is 21.7. The van der Waals surface area contributed by atoms with Gasteiger partial charge in [-0.2, -0.15) is 0 Å². The molecule has 0 aliphatic heterocycles. The average Bonchev–Trinajstić information content (AvgIpc) is 2.75. The summed E-state index contributed by atoms with van der Waals surface area (Å²) in [4.78, 5) is 27.3. The molecule has 0 amide bonds. The van der Waals surface area contributed by atoms with Crippen molar-refractivity contribution in [3.8, 4) is 17.2 Å². The number of fused-ring (bicyclic) bond motifs is 2. The second-order valence-electron chi connectivity index (χ2n) is 9.64. The van der Waals surface area contributed by atoms with Crippen molar-refractivity contribution < 1.29 is 24.2 Å². The van der Waals surface area contributed by atoms with Crippen LogP contribution in [0, 0.1) is 6.92 Å².